The fourth-order valence-corrected chi connectivity index (χ4v) is 3.61. The van der Waals surface area contributed by atoms with E-state index in [4.69, 9.17) is 5.73 Å². The van der Waals surface area contributed by atoms with Gasteiger partial charge in [0.2, 0.25) is 0 Å². The second-order valence-electron chi connectivity index (χ2n) is 5.54. The highest BCUT2D eigenvalue weighted by atomic mass is 15.2. The lowest BCUT2D eigenvalue weighted by molar-refractivity contribution is 0.244. The van der Waals surface area contributed by atoms with E-state index in [1.165, 1.54) is 50.8 Å². The molecule has 0 bridgehead atoms. The summed E-state index contributed by atoms with van der Waals surface area (Å²) in [7, 11) is 0. The van der Waals surface area contributed by atoms with E-state index in [2.05, 4.69) is 17.0 Å². The first-order chi connectivity index (χ1) is 8.34. The van der Waals surface area contributed by atoms with Gasteiger partial charge in [0, 0.05) is 24.0 Å². The Bertz CT molecular complexity index is 369. The van der Waals surface area contributed by atoms with Gasteiger partial charge in [0.05, 0.1) is 0 Å². The smallest absolute Gasteiger partial charge is 0.0370 e. The van der Waals surface area contributed by atoms with E-state index in [-0.39, 0.29) is 0 Å². The van der Waals surface area contributed by atoms with Crippen molar-refractivity contribution in [1.29, 1.82) is 0 Å². The van der Waals surface area contributed by atoms with Crippen molar-refractivity contribution in [2.75, 3.05) is 17.2 Å². The molecule has 0 radical (unpaired) electrons. The first kappa shape index (κ1) is 10.9. The second-order valence-corrected chi connectivity index (χ2v) is 5.54. The fourth-order valence-electron chi connectivity index (χ4n) is 3.61. The lowest BCUT2D eigenvalue weighted by Crippen LogP contribution is -2.46. The van der Waals surface area contributed by atoms with Crippen LogP contribution in [-0.4, -0.2) is 12.6 Å². The Labute approximate surface area is 104 Å². The van der Waals surface area contributed by atoms with E-state index in [1.807, 2.05) is 12.1 Å². The van der Waals surface area contributed by atoms with E-state index in [9.17, 15) is 0 Å². The van der Waals surface area contributed by atoms with Crippen LogP contribution in [0.4, 0.5) is 11.4 Å². The minimum absolute atomic E-state index is 0.793. The summed E-state index contributed by atoms with van der Waals surface area (Å²) >= 11 is 0. The number of anilines is 2. The van der Waals surface area contributed by atoms with E-state index in [0.29, 0.717) is 0 Å². The second kappa shape index (κ2) is 4.59. The number of rotatable bonds is 1. The molecule has 1 saturated heterocycles. The average molecular weight is 230 g/mol. The molecule has 92 valence electrons. The molecule has 2 aliphatic rings. The monoisotopic (exact) mass is 230 g/mol. The maximum Gasteiger partial charge on any atom is 0.0370 e. The van der Waals surface area contributed by atoms with Crippen LogP contribution in [0.5, 0.6) is 0 Å². The van der Waals surface area contributed by atoms with Crippen molar-refractivity contribution >= 4 is 11.4 Å². The molecule has 3 rings (SSSR count). The number of nitrogens with two attached hydrogens (primary N) is 1. The number of nitrogen functional groups attached to an aromatic ring is 1. The van der Waals surface area contributed by atoms with Crippen LogP contribution >= 0.6 is 0 Å². The molecule has 1 heterocycles. The normalized spacial score (nSPS) is 28.8. The number of piperidine rings is 1. The summed E-state index contributed by atoms with van der Waals surface area (Å²) in [6.45, 7) is 1.23. The van der Waals surface area contributed by atoms with Crippen molar-refractivity contribution in [3.05, 3.63) is 24.3 Å². The van der Waals surface area contributed by atoms with Crippen LogP contribution in [0.15, 0.2) is 24.3 Å². The van der Waals surface area contributed by atoms with Crippen LogP contribution < -0.4 is 10.6 Å². The Kier molecular flexibility index (Phi) is 2.96. The molecule has 2 N–H and O–H groups in total. The summed E-state index contributed by atoms with van der Waals surface area (Å²) in [4.78, 5) is 2.63. The quantitative estimate of drug-likeness (QED) is 0.749. The van der Waals surface area contributed by atoms with Crippen LogP contribution in [-0.2, 0) is 0 Å². The summed E-state index contributed by atoms with van der Waals surface area (Å²) in [5.41, 5.74) is 8.01. The number of hydrogen-bond acceptors (Lipinski definition) is 2. The molecular formula is C15H22N2. The van der Waals surface area contributed by atoms with Crippen molar-refractivity contribution in [3.8, 4) is 0 Å². The van der Waals surface area contributed by atoms with E-state index in [1.54, 1.807) is 0 Å². The van der Waals surface area contributed by atoms with Crippen molar-refractivity contribution in [1.82, 2.24) is 0 Å². The Balaban J connectivity index is 1.83. The predicted octanol–water partition coefficient (Wildman–Crippen LogP) is 3.43. The number of hydrogen-bond donors (Lipinski definition) is 1. The van der Waals surface area contributed by atoms with Gasteiger partial charge in [-0.2, -0.15) is 0 Å². The number of nitrogens with zero attached hydrogens (tertiary/aromatic N) is 1. The zero-order chi connectivity index (χ0) is 11.7. The third-order valence-corrected chi connectivity index (χ3v) is 4.47. The van der Waals surface area contributed by atoms with Gasteiger partial charge in [-0.3, -0.25) is 0 Å². The van der Waals surface area contributed by atoms with Crippen molar-refractivity contribution < 1.29 is 0 Å². The highest BCUT2D eigenvalue weighted by Gasteiger charge is 2.33. The molecule has 2 nitrogen and oxygen atoms in total. The zero-order valence-electron chi connectivity index (χ0n) is 10.4. The van der Waals surface area contributed by atoms with Gasteiger partial charge < -0.3 is 10.6 Å². The maximum absolute atomic E-state index is 5.77. The van der Waals surface area contributed by atoms with Gasteiger partial charge in [0.15, 0.2) is 0 Å². The zero-order valence-corrected chi connectivity index (χ0v) is 10.4. The third-order valence-electron chi connectivity index (χ3n) is 4.47. The topological polar surface area (TPSA) is 29.3 Å². The van der Waals surface area contributed by atoms with Crippen LogP contribution in [0.1, 0.15) is 38.5 Å². The molecule has 2 atom stereocenters. The minimum atomic E-state index is 0.793. The molecule has 2 unspecified atom stereocenters. The molecule has 0 amide bonds. The fraction of sp³-hybridized carbons (Fsp3) is 0.600. The first-order valence-electron chi connectivity index (χ1n) is 6.97. The van der Waals surface area contributed by atoms with Gasteiger partial charge in [-0.1, -0.05) is 12.8 Å². The summed E-state index contributed by atoms with van der Waals surface area (Å²) in [5.74, 6) is 0.940. The standard InChI is InChI=1S/C15H22N2/c16-13-7-9-14(10-8-13)17-11-3-5-12-4-1-2-6-15(12)17/h7-10,12,15H,1-6,11,16H2. The molecule has 2 heteroatoms. The van der Waals surface area contributed by atoms with Gasteiger partial charge in [-0.05, 0) is 55.9 Å². The Morgan fingerprint density at radius 1 is 0.941 bits per heavy atom. The highest BCUT2D eigenvalue weighted by Crippen LogP contribution is 2.37. The minimum Gasteiger partial charge on any atom is -0.399 e. The first-order valence-corrected chi connectivity index (χ1v) is 6.97. The van der Waals surface area contributed by atoms with Crippen molar-refractivity contribution in [2.24, 2.45) is 5.92 Å². The summed E-state index contributed by atoms with van der Waals surface area (Å²) in [6, 6.07) is 9.23. The number of benzene rings is 1. The summed E-state index contributed by atoms with van der Waals surface area (Å²) < 4.78 is 0. The highest BCUT2D eigenvalue weighted by molar-refractivity contribution is 5.54. The molecule has 1 aliphatic heterocycles. The SMILES string of the molecule is Nc1ccc(N2CCCC3CCCCC32)cc1. The van der Waals surface area contributed by atoms with Crippen LogP contribution in [0.25, 0.3) is 0 Å². The third kappa shape index (κ3) is 2.13. The van der Waals surface area contributed by atoms with E-state index >= 15 is 0 Å². The van der Waals surface area contributed by atoms with Crippen LogP contribution in [0.2, 0.25) is 0 Å². The molecular weight excluding hydrogens is 208 g/mol. The Morgan fingerprint density at radius 2 is 1.65 bits per heavy atom. The van der Waals surface area contributed by atoms with Gasteiger partial charge in [0.25, 0.3) is 0 Å². The summed E-state index contributed by atoms with van der Waals surface area (Å²) in [6.07, 6.45) is 8.47. The maximum atomic E-state index is 5.77. The van der Waals surface area contributed by atoms with Crippen LogP contribution in [0.3, 0.4) is 0 Å². The van der Waals surface area contributed by atoms with Gasteiger partial charge >= 0.3 is 0 Å². The lowest BCUT2D eigenvalue weighted by atomic mass is 9.78. The average Bonchev–Trinajstić information content (AvgIpc) is 2.39. The molecule has 1 aliphatic carbocycles. The van der Waals surface area contributed by atoms with E-state index in [0.717, 1.165) is 17.6 Å². The van der Waals surface area contributed by atoms with Gasteiger partial charge in [-0.25, -0.2) is 0 Å². The van der Waals surface area contributed by atoms with Crippen molar-refractivity contribution in [2.45, 2.75) is 44.6 Å². The van der Waals surface area contributed by atoms with Crippen molar-refractivity contribution in [3.63, 3.8) is 0 Å². The molecule has 17 heavy (non-hydrogen) atoms. The largest absolute Gasteiger partial charge is 0.399 e. The van der Waals surface area contributed by atoms with Gasteiger partial charge in [-0.15, -0.1) is 0 Å². The Morgan fingerprint density at radius 3 is 2.47 bits per heavy atom. The van der Waals surface area contributed by atoms with Gasteiger partial charge in [0.1, 0.15) is 0 Å². The molecule has 0 spiro atoms. The Hall–Kier alpha value is -1.18. The number of fused-ring (bicyclic) bond motifs is 1. The lowest BCUT2D eigenvalue weighted by Gasteiger charge is -2.45. The predicted molar refractivity (Wildman–Crippen MR) is 73.2 cm³/mol. The van der Waals surface area contributed by atoms with Crippen LogP contribution in [0, 0.1) is 5.92 Å². The van der Waals surface area contributed by atoms with E-state index < -0.39 is 0 Å². The molecule has 1 saturated carbocycles. The molecule has 1 aromatic carbocycles. The molecule has 0 aromatic heterocycles. The molecule has 1 aromatic rings. The summed E-state index contributed by atoms with van der Waals surface area (Å²) in [5, 5.41) is 0. The molecule has 2 fully saturated rings.